The zero-order valence-corrected chi connectivity index (χ0v) is 9.58. The van der Waals surface area contributed by atoms with E-state index in [1.807, 2.05) is 0 Å². The average molecular weight is 245 g/mol. The summed E-state index contributed by atoms with van der Waals surface area (Å²) in [5.41, 5.74) is -0.0965. The maximum atomic E-state index is 11.5. The summed E-state index contributed by atoms with van der Waals surface area (Å²) in [4.78, 5) is 24.9. The molecule has 2 N–H and O–H groups in total. The largest absolute Gasteiger partial charge is 0.383 e. The van der Waals surface area contributed by atoms with E-state index in [0.29, 0.717) is 6.61 Å². The summed E-state index contributed by atoms with van der Waals surface area (Å²) in [6.07, 6.45) is 0. The van der Waals surface area contributed by atoms with Crippen LogP contribution in [0.5, 0.6) is 0 Å². The SMILES string of the molecule is COCC(Cl)CNC(=O)c1cccc(=O)[nH]1. The molecule has 88 valence electrons. The van der Waals surface area contributed by atoms with Crippen LogP contribution in [0.3, 0.4) is 0 Å². The van der Waals surface area contributed by atoms with E-state index in [-0.39, 0.29) is 29.1 Å². The predicted octanol–water partition coefficient (Wildman–Crippen LogP) is 0.359. The van der Waals surface area contributed by atoms with E-state index in [2.05, 4.69) is 10.3 Å². The second-order valence-corrected chi connectivity index (χ2v) is 3.81. The van der Waals surface area contributed by atoms with Crippen LogP contribution in [0.1, 0.15) is 10.5 Å². The molecule has 0 aliphatic rings. The van der Waals surface area contributed by atoms with E-state index < -0.39 is 0 Å². The van der Waals surface area contributed by atoms with Crippen molar-refractivity contribution in [2.45, 2.75) is 5.38 Å². The van der Waals surface area contributed by atoms with Crippen LogP contribution in [0.2, 0.25) is 0 Å². The summed E-state index contributed by atoms with van der Waals surface area (Å²) < 4.78 is 4.82. The topological polar surface area (TPSA) is 71.2 Å². The molecule has 5 nitrogen and oxygen atoms in total. The highest BCUT2D eigenvalue weighted by atomic mass is 35.5. The van der Waals surface area contributed by atoms with Gasteiger partial charge in [-0.15, -0.1) is 11.6 Å². The molecule has 0 bridgehead atoms. The number of pyridine rings is 1. The number of carbonyl (C=O) groups is 1. The number of aromatic nitrogens is 1. The Morgan fingerprint density at radius 2 is 2.38 bits per heavy atom. The van der Waals surface area contributed by atoms with Crippen LogP contribution in [0.25, 0.3) is 0 Å². The van der Waals surface area contributed by atoms with Crippen molar-refractivity contribution in [1.29, 1.82) is 0 Å². The number of H-pyrrole nitrogens is 1. The fourth-order valence-electron chi connectivity index (χ4n) is 1.12. The molecule has 0 aliphatic heterocycles. The van der Waals surface area contributed by atoms with Crippen molar-refractivity contribution < 1.29 is 9.53 Å². The van der Waals surface area contributed by atoms with E-state index in [0.717, 1.165) is 0 Å². The van der Waals surface area contributed by atoms with Crippen LogP contribution < -0.4 is 10.9 Å². The van der Waals surface area contributed by atoms with Crippen molar-refractivity contribution in [3.05, 3.63) is 34.2 Å². The number of hydrogen-bond donors (Lipinski definition) is 2. The van der Waals surface area contributed by atoms with E-state index in [1.54, 1.807) is 0 Å². The third-order valence-corrected chi connectivity index (χ3v) is 2.12. The highest BCUT2D eigenvalue weighted by molar-refractivity contribution is 6.21. The normalized spacial score (nSPS) is 12.1. The van der Waals surface area contributed by atoms with Crippen molar-refractivity contribution in [3.8, 4) is 0 Å². The summed E-state index contributed by atoms with van der Waals surface area (Å²) in [6.45, 7) is 0.637. The molecule has 1 heterocycles. The molecule has 1 unspecified atom stereocenters. The maximum Gasteiger partial charge on any atom is 0.267 e. The minimum Gasteiger partial charge on any atom is -0.383 e. The highest BCUT2D eigenvalue weighted by Crippen LogP contribution is 1.95. The molecule has 0 fully saturated rings. The van der Waals surface area contributed by atoms with E-state index in [9.17, 15) is 9.59 Å². The molecule has 1 atom stereocenters. The van der Waals surface area contributed by atoms with Gasteiger partial charge in [0.25, 0.3) is 5.91 Å². The van der Waals surface area contributed by atoms with Gasteiger partial charge in [0.05, 0.1) is 12.0 Å². The Bertz CT molecular complexity index is 405. The van der Waals surface area contributed by atoms with Gasteiger partial charge in [-0.25, -0.2) is 0 Å². The monoisotopic (exact) mass is 244 g/mol. The van der Waals surface area contributed by atoms with Gasteiger partial charge in [0, 0.05) is 19.7 Å². The summed E-state index contributed by atoms with van der Waals surface area (Å²) in [7, 11) is 1.53. The number of aromatic amines is 1. The lowest BCUT2D eigenvalue weighted by atomic mass is 10.3. The predicted molar refractivity (Wildman–Crippen MR) is 60.9 cm³/mol. The quantitative estimate of drug-likeness (QED) is 0.735. The molecule has 0 saturated carbocycles. The van der Waals surface area contributed by atoms with Crippen LogP contribution >= 0.6 is 11.6 Å². The number of amides is 1. The Morgan fingerprint density at radius 3 is 3.00 bits per heavy atom. The van der Waals surface area contributed by atoms with Gasteiger partial charge in [-0.05, 0) is 6.07 Å². The summed E-state index contributed by atoms with van der Waals surface area (Å²) in [6, 6.07) is 4.38. The van der Waals surface area contributed by atoms with Crippen LogP contribution in [0.4, 0.5) is 0 Å². The van der Waals surface area contributed by atoms with Crippen LogP contribution in [-0.4, -0.2) is 36.5 Å². The molecule has 1 rings (SSSR count). The number of carbonyl (C=O) groups excluding carboxylic acids is 1. The second kappa shape index (κ2) is 6.30. The third kappa shape index (κ3) is 4.04. The highest BCUT2D eigenvalue weighted by Gasteiger charge is 2.09. The van der Waals surface area contributed by atoms with Crippen LogP contribution in [0.15, 0.2) is 23.0 Å². The van der Waals surface area contributed by atoms with Crippen molar-refractivity contribution in [2.75, 3.05) is 20.3 Å². The van der Waals surface area contributed by atoms with Crippen molar-refractivity contribution >= 4 is 17.5 Å². The van der Waals surface area contributed by atoms with Crippen molar-refractivity contribution in [2.24, 2.45) is 0 Å². The smallest absolute Gasteiger partial charge is 0.267 e. The molecule has 0 saturated heterocycles. The van der Waals surface area contributed by atoms with Crippen LogP contribution in [-0.2, 0) is 4.74 Å². The molecule has 6 heteroatoms. The maximum absolute atomic E-state index is 11.5. The molecule has 1 aromatic heterocycles. The number of halogens is 1. The Morgan fingerprint density at radius 1 is 1.62 bits per heavy atom. The summed E-state index contributed by atoms with van der Waals surface area (Å²) in [5.74, 6) is -0.362. The number of nitrogens with one attached hydrogen (secondary N) is 2. The number of methoxy groups -OCH3 is 1. The lowest BCUT2D eigenvalue weighted by molar-refractivity contribution is 0.0944. The first kappa shape index (κ1) is 12.7. The zero-order chi connectivity index (χ0) is 12.0. The Hall–Kier alpha value is -1.33. The molecule has 0 aromatic carbocycles. The molecular formula is C10H13ClN2O3. The van der Waals surface area contributed by atoms with Gasteiger partial charge < -0.3 is 15.0 Å². The van der Waals surface area contributed by atoms with Crippen LogP contribution in [0, 0.1) is 0 Å². The Labute approximate surface area is 97.8 Å². The molecule has 0 radical (unpaired) electrons. The fraction of sp³-hybridized carbons (Fsp3) is 0.400. The molecule has 0 spiro atoms. The fourth-order valence-corrected chi connectivity index (χ4v) is 1.32. The minimum atomic E-state index is -0.362. The number of ether oxygens (including phenoxy) is 1. The van der Waals surface area contributed by atoms with Crippen molar-refractivity contribution in [3.63, 3.8) is 0 Å². The molecule has 1 aromatic rings. The number of rotatable bonds is 5. The molecule has 16 heavy (non-hydrogen) atoms. The molecular weight excluding hydrogens is 232 g/mol. The third-order valence-electron chi connectivity index (χ3n) is 1.84. The first-order valence-corrected chi connectivity index (χ1v) is 5.17. The van der Waals surface area contributed by atoms with Gasteiger partial charge in [-0.1, -0.05) is 6.07 Å². The average Bonchev–Trinajstić information content (AvgIpc) is 2.26. The lowest BCUT2D eigenvalue weighted by Crippen LogP contribution is -2.32. The van der Waals surface area contributed by atoms with Gasteiger partial charge in [0.15, 0.2) is 0 Å². The number of alkyl halides is 1. The minimum absolute atomic E-state index is 0.216. The van der Waals surface area contributed by atoms with Gasteiger partial charge in [0.2, 0.25) is 5.56 Å². The summed E-state index contributed by atoms with van der Waals surface area (Å²) in [5, 5.41) is 2.30. The van der Waals surface area contributed by atoms with Gasteiger partial charge >= 0.3 is 0 Å². The first-order valence-electron chi connectivity index (χ1n) is 4.74. The van der Waals surface area contributed by atoms with Gasteiger partial charge in [-0.2, -0.15) is 0 Å². The standard InChI is InChI=1S/C10H13ClN2O3/c1-16-6-7(11)5-12-10(15)8-3-2-4-9(14)13-8/h2-4,7H,5-6H2,1H3,(H,12,15)(H,13,14). The zero-order valence-electron chi connectivity index (χ0n) is 8.83. The van der Waals surface area contributed by atoms with E-state index in [4.69, 9.17) is 16.3 Å². The Kier molecular flexibility index (Phi) is 5.01. The van der Waals surface area contributed by atoms with Gasteiger partial charge in [-0.3, -0.25) is 9.59 Å². The van der Waals surface area contributed by atoms with Gasteiger partial charge in [0.1, 0.15) is 5.69 Å². The number of hydrogen-bond acceptors (Lipinski definition) is 3. The van der Waals surface area contributed by atoms with E-state index in [1.165, 1.54) is 25.3 Å². The lowest BCUT2D eigenvalue weighted by Gasteiger charge is -2.09. The van der Waals surface area contributed by atoms with E-state index >= 15 is 0 Å². The molecule has 0 aliphatic carbocycles. The van der Waals surface area contributed by atoms with Crippen molar-refractivity contribution in [1.82, 2.24) is 10.3 Å². The first-order chi connectivity index (χ1) is 7.63. The Balaban J connectivity index is 2.50. The second-order valence-electron chi connectivity index (χ2n) is 3.19. The molecule has 1 amide bonds. The summed E-state index contributed by atoms with van der Waals surface area (Å²) >= 11 is 5.83.